The number of nitrogens with zero attached hydrogens (tertiary/aromatic N) is 2. The molecule has 0 saturated heterocycles. The Morgan fingerprint density at radius 2 is 2.00 bits per heavy atom. The number of hydrogen-bond donors (Lipinski definition) is 0. The topological polar surface area (TPSA) is 35.0 Å². The van der Waals surface area contributed by atoms with Crippen molar-refractivity contribution in [2.45, 2.75) is 13.8 Å². The molecule has 4 heteroatoms. The Morgan fingerprint density at radius 3 is 2.71 bits per heavy atom. The predicted molar refractivity (Wildman–Crippen MR) is 71.1 cm³/mol. The van der Waals surface area contributed by atoms with E-state index in [-0.39, 0.29) is 0 Å². The first kappa shape index (κ1) is 12.0. The smallest absolute Gasteiger partial charge is 0.164 e. The van der Waals surface area contributed by atoms with Crippen molar-refractivity contribution in [2.24, 2.45) is 0 Å². The van der Waals surface area contributed by atoms with Crippen LogP contribution in [0.2, 0.25) is 0 Å². The van der Waals surface area contributed by atoms with Gasteiger partial charge in [0.2, 0.25) is 0 Å². The molecule has 2 aromatic rings. The molecule has 0 amide bonds. The summed E-state index contributed by atoms with van der Waals surface area (Å²) < 4.78 is 6.36. The van der Waals surface area contributed by atoms with Crippen molar-refractivity contribution in [3.63, 3.8) is 0 Å². The summed E-state index contributed by atoms with van der Waals surface area (Å²) in [7, 11) is 0. The lowest BCUT2D eigenvalue weighted by molar-refractivity contribution is 0.341. The van der Waals surface area contributed by atoms with Gasteiger partial charge >= 0.3 is 0 Å². The zero-order valence-corrected chi connectivity index (χ0v) is 11.4. The normalized spacial score (nSPS) is 10.3. The van der Waals surface area contributed by atoms with E-state index >= 15 is 0 Å². The van der Waals surface area contributed by atoms with Crippen molar-refractivity contribution in [3.8, 4) is 17.1 Å². The van der Waals surface area contributed by atoms with Crippen LogP contribution in [0.1, 0.15) is 12.6 Å². The highest BCUT2D eigenvalue weighted by atomic mass is 79.9. The molecular weight excluding hydrogens is 280 g/mol. The average molecular weight is 293 g/mol. The number of hydrogen-bond acceptors (Lipinski definition) is 3. The third-order valence-electron chi connectivity index (χ3n) is 2.25. The molecule has 0 radical (unpaired) electrons. The molecule has 2 rings (SSSR count). The Bertz CT molecular complexity index is 508. The third-order valence-corrected chi connectivity index (χ3v) is 2.66. The molecule has 88 valence electrons. The van der Waals surface area contributed by atoms with Crippen molar-refractivity contribution in [1.29, 1.82) is 0 Å². The van der Waals surface area contributed by atoms with Gasteiger partial charge in [-0.15, -0.1) is 0 Å². The zero-order valence-electron chi connectivity index (χ0n) is 9.77. The van der Waals surface area contributed by atoms with Crippen LogP contribution < -0.4 is 4.74 Å². The van der Waals surface area contributed by atoms with Crippen LogP contribution in [0.25, 0.3) is 11.4 Å². The SMILES string of the molecule is CCOc1ccccc1-c1nc(C)cc(Br)n1. The fourth-order valence-corrected chi connectivity index (χ4v) is 2.08. The van der Waals surface area contributed by atoms with Gasteiger partial charge in [0.15, 0.2) is 5.82 Å². The molecule has 0 N–H and O–H groups in total. The van der Waals surface area contributed by atoms with E-state index < -0.39 is 0 Å². The average Bonchev–Trinajstić information content (AvgIpc) is 2.29. The molecule has 0 unspecified atom stereocenters. The zero-order chi connectivity index (χ0) is 12.3. The molecule has 0 atom stereocenters. The highest BCUT2D eigenvalue weighted by molar-refractivity contribution is 9.10. The number of ether oxygens (including phenoxy) is 1. The minimum absolute atomic E-state index is 0.629. The number of para-hydroxylation sites is 1. The van der Waals surface area contributed by atoms with Crippen molar-refractivity contribution in [1.82, 2.24) is 9.97 Å². The van der Waals surface area contributed by atoms with Gasteiger partial charge in [0.1, 0.15) is 10.4 Å². The van der Waals surface area contributed by atoms with Crippen LogP contribution in [0, 0.1) is 6.92 Å². The number of rotatable bonds is 3. The molecular formula is C13H13BrN2O. The number of benzene rings is 1. The monoisotopic (exact) mass is 292 g/mol. The molecule has 3 nitrogen and oxygen atoms in total. The quantitative estimate of drug-likeness (QED) is 0.811. The van der Waals surface area contributed by atoms with Gasteiger partial charge in [-0.25, -0.2) is 9.97 Å². The van der Waals surface area contributed by atoms with E-state index in [0.717, 1.165) is 21.6 Å². The van der Waals surface area contributed by atoms with Gasteiger partial charge in [0.05, 0.1) is 12.2 Å². The van der Waals surface area contributed by atoms with Crippen LogP contribution in [0.4, 0.5) is 0 Å². The van der Waals surface area contributed by atoms with Gasteiger partial charge < -0.3 is 4.74 Å². The Hall–Kier alpha value is -1.42. The van der Waals surface area contributed by atoms with Crippen molar-refractivity contribution in [2.75, 3.05) is 6.61 Å². The van der Waals surface area contributed by atoms with Gasteiger partial charge in [-0.1, -0.05) is 12.1 Å². The molecule has 0 aliphatic heterocycles. The lowest BCUT2D eigenvalue weighted by Gasteiger charge is -2.09. The molecule has 1 aromatic heterocycles. The van der Waals surface area contributed by atoms with Gasteiger partial charge in [0, 0.05) is 5.69 Å². The van der Waals surface area contributed by atoms with Crippen molar-refractivity contribution < 1.29 is 4.74 Å². The van der Waals surface area contributed by atoms with Gasteiger partial charge in [-0.2, -0.15) is 0 Å². The van der Waals surface area contributed by atoms with Gasteiger partial charge in [-0.05, 0) is 48.0 Å². The molecule has 0 aliphatic carbocycles. The van der Waals surface area contributed by atoms with E-state index in [4.69, 9.17) is 4.74 Å². The molecule has 0 bridgehead atoms. The fraction of sp³-hybridized carbons (Fsp3) is 0.231. The maximum absolute atomic E-state index is 5.58. The van der Waals surface area contributed by atoms with E-state index in [9.17, 15) is 0 Å². The predicted octanol–water partition coefficient (Wildman–Crippen LogP) is 3.61. The maximum Gasteiger partial charge on any atom is 0.164 e. The van der Waals surface area contributed by atoms with Crippen LogP contribution in [0.3, 0.4) is 0 Å². The van der Waals surface area contributed by atoms with E-state index in [1.807, 2.05) is 44.2 Å². The summed E-state index contributed by atoms with van der Waals surface area (Å²) in [5.74, 6) is 1.49. The van der Waals surface area contributed by atoms with E-state index in [1.165, 1.54) is 0 Å². The first-order valence-electron chi connectivity index (χ1n) is 5.44. The molecule has 1 heterocycles. The lowest BCUT2D eigenvalue weighted by Crippen LogP contribution is -1.97. The fourth-order valence-electron chi connectivity index (χ4n) is 1.58. The standard InChI is InChI=1S/C13H13BrN2O/c1-3-17-11-7-5-4-6-10(11)13-15-9(2)8-12(14)16-13/h4-8H,3H2,1-2H3. The maximum atomic E-state index is 5.58. The molecule has 1 aromatic carbocycles. The Kier molecular flexibility index (Phi) is 3.74. The molecule has 0 fully saturated rings. The van der Waals surface area contributed by atoms with Crippen molar-refractivity contribution in [3.05, 3.63) is 40.6 Å². The number of halogens is 1. The first-order chi connectivity index (χ1) is 8.20. The second kappa shape index (κ2) is 5.27. The van der Waals surface area contributed by atoms with Crippen LogP contribution in [-0.4, -0.2) is 16.6 Å². The number of aryl methyl sites for hydroxylation is 1. The van der Waals surface area contributed by atoms with E-state index in [1.54, 1.807) is 0 Å². The summed E-state index contributed by atoms with van der Waals surface area (Å²) in [5, 5.41) is 0. The highest BCUT2D eigenvalue weighted by Crippen LogP contribution is 2.28. The van der Waals surface area contributed by atoms with E-state index in [2.05, 4.69) is 25.9 Å². The van der Waals surface area contributed by atoms with Crippen LogP contribution in [-0.2, 0) is 0 Å². The van der Waals surface area contributed by atoms with Crippen molar-refractivity contribution >= 4 is 15.9 Å². The van der Waals surface area contributed by atoms with Crippen LogP contribution in [0.5, 0.6) is 5.75 Å². The largest absolute Gasteiger partial charge is 0.493 e. The second-order valence-corrected chi connectivity index (χ2v) is 4.40. The Balaban J connectivity index is 2.51. The summed E-state index contributed by atoms with van der Waals surface area (Å²) in [6, 6.07) is 9.67. The molecule has 17 heavy (non-hydrogen) atoms. The minimum atomic E-state index is 0.629. The second-order valence-electron chi connectivity index (χ2n) is 3.58. The molecule has 0 spiro atoms. The highest BCUT2D eigenvalue weighted by Gasteiger charge is 2.09. The molecule has 0 saturated carbocycles. The minimum Gasteiger partial charge on any atom is -0.493 e. The summed E-state index contributed by atoms with van der Waals surface area (Å²) >= 11 is 3.38. The third kappa shape index (κ3) is 2.82. The van der Waals surface area contributed by atoms with Crippen LogP contribution in [0.15, 0.2) is 34.9 Å². The van der Waals surface area contributed by atoms with E-state index in [0.29, 0.717) is 12.4 Å². The summed E-state index contributed by atoms with van der Waals surface area (Å²) in [5.41, 5.74) is 1.84. The number of aromatic nitrogens is 2. The Labute approximate surface area is 109 Å². The van der Waals surface area contributed by atoms with Crippen LogP contribution >= 0.6 is 15.9 Å². The summed E-state index contributed by atoms with van der Waals surface area (Å²) in [4.78, 5) is 8.80. The lowest BCUT2D eigenvalue weighted by atomic mass is 10.2. The summed E-state index contributed by atoms with van der Waals surface area (Å²) in [6.07, 6.45) is 0. The summed E-state index contributed by atoms with van der Waals surface area (Å²) in [6.45, 7) is 4.53. The van der Waals surface area contributed by atoms with Gasteiger partial charge in [-0.3, -0.25) is 0 Å². The first-order valence-corrected chi connectivity index (χ1v) is 6.23. The Morgan fingerprint density at radius 1 is 1.24 bits per heavy atom. The molecule has 0 aliphatic rings. The van der Waals surface area contributed by atoms with Gasteiger partial charge in [0.25, 0.3) is 0 Å².